The van der Waals surface area contributed by atoms with Gasteiger partial charge in [-0.2, -0.15) is 0 Å². The fourth-order valence-corrected chi connectivity index (χ4v) is 5.65. The normalized spacial score (nSPS) is 20.8. The number of alkyl carbamates (subject to hydrolysis) is 1. The highest BCUT2D eigenvalue weighted by molar-refractivity contribution is 5.77. The molecule has 2 aromatic rings. The highest BCUT2D eigenvalue weighted by atomic mass is 16.6. The van der Waals surface area contributed by atoms with Crippen LogP contribution >= 0.6 is 0 Å². The van der Waals surface area contributed by atoms with Gasteiger partial charge in [0.25, 0.3) is 0 Å². The van der Waals surface area contributed by atoms with Crippen molar-refractivity contribution in [3.8, 4) is 18.1 Å². The molecule has 9 heteroatoms. The Morgan fingerprint density at radius 1 is 1.24 bits per heavy atom. The summed E-state index contributed by atoms with van der Waals surface area (Å²) in [7, 11) is 1.62. The predicted molar refractivity (Wildman–Crippen MR) is 157 cm³/mol. The molecule has 2 N–H and O–H groups in total. The van der Waals surface area contributed by atoms with Gasteiger partial charge in [-0.1, -0.05) is 40.2 Å². The lowest BCUT2D eigenvalue weighted by Gasteiger charge is -2.38. The number of carboxylic acids is 1. The zero-order valence-corrected chi connectivity index (χ0v) is 24.6. The first-order valence-corrected chi connectivity index (χ1v) is 14.5. The smallest absolute Gasteiger partial charge is 0.407 e. The van der Waals surface area contributed by atoms with E-state index in [1.165, 1.54) is 0 Å². The van der Waals surface area contributed by atoms with Crippen molar-refractivity contribution in [2.75, 3.05) is 13.7 Å². The molecule has 1 saturated heterocycles. The van der Waals surface area contributed by atoms with Gasteiger partial charge >= 0.3 is 12.1 Å². The molecular formula is C32H42N4O5. The molecule has 0 bridgehead atoms. The molecule has 2 fully saturated rings. The molecule has 0 spiro atoms. The van der Waals surface area contributed by atoms with Crippen molar-refractivity contribution in [1.82, 2.24) is 20.2 Å². The van der Waals surface area contributed by atoms with Gasteiger partial charge in [-0.25, -0.2) is 19.6 Å². The summed E-state index contributed by atoms with van der Waals surface area (Å²) >= 11 is 0. The molecule has 1 aliphatic carbocycles. The van der Waals surface area contributed by atoms with Crippen LogP contribution in [0.2, 0.25) is 0 Å². The number of carbonyl (C=O) groups is 2. The zero-order valence-electron chi connectivity index (χ0n) is 24.6. The Morgan fingerprint density at radius 3 is 2.71 bits per heavy atom. The van der Waals surface area contributed by atoms with Gasteiger partial charge in [0.15, 0.2) is 0 Å². The third-order valence-corrected chi connectivity index (χ3v) is 8.05. The number of hydrogen-bond donors (Lipinski definition) is 2. The summed E-state index contributed by atoms with van der Waals surface area (Å²) in [5.41, 5.74) is 3.21. The average molecular weight is 563 g/mol. The van der Waals surface area contributed by atoms with Gasteiger partial charge in [0.2, 0.25) is 0 Å². The van der Waals surface area contributed by atoms with E-state index in [2.05, 4.69) is 22.8 Å². The Bertz CT molecular complexity index is 1330. The molecule has 1 aromatic heterocycles. The number of nitrogens with zero attached hydrogens (tertiary/aromatic N) is 3. The van der Waals surface area contributed by atoms with Crippen molar-refractivity contribution in [2.24, 2.45) is 11.3 Å². The van der Waals surface area contributed by atoms with Gasteiger partial charge in [-0.15, -0.1) is 6.42 Å². The van der Waals surface area contributed by atoms with Crippen molar-refractivity contribution in [1.29, 1.82) is 0 Å². The zero-order chi connectivity index (χ0) is 29.7. The molecule has 4 atom stereocenters. The minimum absolute atomic E-state index is 0.0844. The summed E-state index contributed by atoms with van der Waals surface area (Å²) in [6.07, 6.45) is 12.1. The summed E-state index contributed by atoms with van der Waals surface area (Å²) in [5, 5.41) is 12.6. The number of carbonyl (C=O) groups excluding carboxylic acids is 1. The summed E-state index contributed by atoms with van der Waals surface area (Å²) in [4.78, 5) is 35.6. The largest absolute Gasteiger partial charge is 0.497 e. The van der Waals surface area contributed by atoms with Crippen LogP contribution in [0.3, 0.4) is 0 Å². The second kappa shape index (κ2) is 12.8. The van der Waals surface area contributed by atoms with Crippen molar-refractivity contribution >= 4 is 23.1 Å². The van der Waals surface area contributed by atoms with E-state index in [-0.39, 0.29) is 11.5 Å². The molecule has 2 aliphatic rings. The van der Waals surface area contributed by atoms with Crippen molar-refractivity contribution in [3.05, 3.63) is 41.9 Å². The molecule has 1 aromatic carbocycles. The quantitative estimate of drug-likeness (QED) is 0.264. The monoisotopic (exact) mass is 562 g/mol. The standard InChI is InChI=1S/C32H42N4O5/c1-7-23-24(34-25-16-15-22(40-6)19-26(25)33-23)13-10-8-9-12-21-18-28(21)41-31(39)35-29(32(3,4)5)20(2)36-17-11-14-27(36)30(37)38/h1,15-16,19,21,27-29H,2,8-14,17-18H2,3-6H3,(H,35,39)(H,37,38)/t21-,27+,28-,29-/m1/s1. The van der Waals surface area contributed by atoms with Crippen LogP contribution in [0, 0.1) is 23.7 Å². The van der Waals surface area contributed by atoms with Crippen LogP contribution in [-0.4, -0.2) is 63.9 Å². The van der Waals surface area contributed by atoms with Crippen LogP contribution in [0.4, 0.5) is 4.79 Å². The summed E-state index contributed by atoms with van der Waals surface area (Å²) < 4.78 is 11.0. The maximum atomic E-state index is 12.8. The van der Waals surface area contributed by atoms with Crippen molar-refractivity contribution in [3.63, 3.8) is 0 Å². The fourth-order valence-electron chi connectivity index (χ4n) is 5.65. The number of ether oxygens (including phenoxy) is 2. The number of amides is 1. The second-order valence-electron chi connectivity index (χ2n) is 12.2. The molecular weight excluding hydrogens is 520 g/mol. The number of rotatable bonds is 12. The van der Waals surface area contributed by atoms with Gasteiger partial charge in [-0.05, 0) is 67.9 Å². The van der Waals surface area contributed by atoms with Crippen LogP contribution in [0.15, 0.2) is 30.5 Å². The Labute approximate surface area is 242 Å². The van der Waals surface area contributed by atoms with E-state index < -0.39 is 24.1 Å². The number of aliphatic carboxylic acids is 1. The van der Waals surface area contributed by atoms with Crippen LogP contribution in [0.5, 0.6) is 5.75 Å². The number of unbranched alkanes of at least 4 members (excludes halogenated alkanes) is 2. The average Bonchev–Trinajstić information content (AvgIpc) is 3.45. The lowest BCUT2D eigenvalue weighted by Crippen LogP contribution is -2.51. The van der Waals surface area contributed by atoms with Gasteiger partial charge in [-0.3, -0.25) is 0 Å². The van der Waals surface area contributed by atoms with E-state index in [9.17, 15) is 14.7 Å². The first-order valence-electron chi connectivity index (χ1n) is 14.5. The summed E-state index contributed by atoms with van der Waals surface area (Å²) in [5.74, 6) is 2.89. The number of fused-ring (bicyclic) bond motifs is 1. The third kappa shape index (κ3) is 7.49. The number of aryl methyl sites for hydroxylation is 1. The number of nitrogens with one attached hydrogen (secondary N) is 1. The number of methoxy groups -OCH3 is 1. The first kappa shape index (κ1) is 30.2. The topological polar surface area (TPSA) is 114 Å². The van der Waals surface area contributed by atoms with Crippen LogP contribution in [-0.2, 0) is 16.0 Å². The lowest BCUT2D eigenvalue weighted by atomic mass is 9.84. The van der Waals surface area contributed by atoms with Crippen molar-refractivity contribution in [2.45, 2.75) is 90.3 Å². The summed E-state index contributed by atoms with van der Waals surface area (Å²) in [6.45, 7) is 10.8. The predicted octanol–water partition coefficient (Wildman–Crippen LogP) is 5.31. The van der Waals surface area contributed by atoms with Gasteiger partial charge in [0.1, 0.15) is 23.6 Å². The molecule has 41 heavy (non-hydrogen) atoms. The van der Waals surface area contributed by atoms with Crippen LogP contribution in [0.1, 0.15) is 77.1 Å². The SMILES string of the molecule is C#Cc1nc2cc(OC)ccc2nc1CCCCC[C@@H]1C[C@H]1OC(=O)N[C@H](C(=C)N1CCC[C@H]1C(=O)O)C(C)(C)C. The van der Waals surface area contributed by atoms with Gasteiger partial charge in [0.05, 0.1) is 29.9 Å². The molecule has 1 saturated carbocycles. The number of carboxylic acid groups (broad SMARTS) is 1. The Balaban J connectivity index is 1.20. The molecule has 1 aliphatic heterocycles. The van der Waals surface area contributed by atoms with E-state index in [1.54, 1.807) is 7.11 Å². The molecule has 0 unspecified atom stereocenters. The second-order valence-corrected chi connectivity index (χ2v) is 12.2. The molecule has 1 amide bonds. The maximum absolute atomic E-state index is 12.8. The van der Waals surface area contributed by atoms with E-state index in [4.69, 9.17) is 20.9 Å². The third-order valence-electron chi connectivity index (χ3n) is 8.05. The Morgan fingerprint density at radius 2 is 2.02 bits per heavy atom. The van der Waals surface area contributed by atoms with Crippen LogP contribution in [0.25, 0.3) is 11.0 Å². The number of likely N-dealkylation sites (tertiary alicyclic amines) is 1. The summed E-state index contributed by atoms with van der Waals surface area (Å²) in [6, 6.07) is 4.57. The highest BCUT2D eigenvalue weighted by Crippen LogP contribution is 2.39. The highest BCUT2D eigenvalue weighted by Gasteiger charge is 2.42. The van der Waals surface area contributed by atoms with Crippen LogP contribution < -0.4 is 10.1 Å². The molecule has 0 radical (unpaired) electrons. The molecule has 4 rings (SSSR count). The van der Waals surface area contributed by atoms with Gasteiger partial charge < -0.3 is 24.8 Å². The van der Waals surface area contributed by atoms with Gasteiger partial charge in [0, 0.05) is 18.3 Å². The van der Waals surface area contributed by atoms with E-state index in [0.717, 1.165) is 67.4 Å². The van der Waals surface area contributed by atoms with E-state index in [1.807, 2.05) is 43.9 Å². The number of benzene rings is 1. The fraction of sp³-hybridized carbons (Fsp3) is 0.562. The van der Waals surface area contributed by atoms with Crippen molar-refractivity contribution < 1.29 is 24.2 Å². The molecule has 220 valence electrons. The lowest BCUT2D eigenvalue weighted by molar-refractivity contribution is -0.141. The Hall–Kier alpha value is -3.80. The van der Waals surface area contributed by atoms with E-state index in [0.29, 0.717) is 30.3 Å². The number of aromatic nitrogens is 2. The minimum Gasteiger partial charge on any atom is -0.497 e. The number of hydrogen-bond acceptors (Lipinski definition) is 7. The minimum atomic E-state index is -0.859. The van der Waals surface area contributed by atoms with E-state index >= 15 is 0 Å². The molecule has 9 nitrogen and oxygen atoms in total. The Kier molecular flexibility index (Phi) is 9.42. The maximum Gasteiger partial charge on any atom is 0.407 e. The number of terminal acetylenes is 1. The first-order chi connectivity index (χ1) is 19.5. The molecule has 2 heterocycles.